The van der Waals surface area contributed by atoms with Crippen molar-refractivity contribution in [2.24, 2.45) is 0 Å². The molecule has 1 aliphatic heterocycles. The van der Waals surface area contributed by atoms with E-state index in [4.69, 9.17) is 5.73 Å². The number of fused-ring (bicyclic) bond motifs is 1. The van der Waals surface area contributed by atoms with Crippen molar-refractivity contribution in [3.63, 3.8) is 0 Å². The van der Waals surface area contributed by atoms with E-state index >= 15 is 0 Å². The Morgan fingerprint density at radius 3 is 2.36 bits per heavy atom. The Morgan fingerprint density at radius 2 is 1.76 bits per heavy atom. The second kappa shape index (κ2) is 6.00. The number of nitrogens with two attached hydrogens (primary N) is 1. The van der Waals surface area contributed by atoms with Crippen LogP contribution in [0.1, 0.15) is 26.3 Å². The number of rotatable bonds is 3. The lowest BCUT2D eigenvalue weighted by Crippen LogP contribution is -2.34. The summed E-state index contributed by atoms with van der Waals surface area (Å²) >= 11 is 0. The van der Waals surface area contributed by atoms with Gasteiger partial charge in [-0.3, -0.25) is 24.5 Å². The number of nitro groups is 1. The van der Waals surface area contributed by atoms with E-state index in [2.05, 4.69) is 0 Å². The van der Waals surface area contributed by atoms with Crippen molar-refractivity contribution in [3.8, 4) is 0 Å². The van der Waals surface area contributed by atoms with Gasteiger partial charge in [0.1, 0.15) is 0 Å². The van der Waals surface area contributed by atoms with Gasteiger partial charge in [-0.2, -0.15) is 0 Å². The number of imide groups is 3. The second-order valence-electron chi connectivity index (χ2n) is 5.24. The predicted octanol–water partition coefficient (Wildman–Crippen LogP) is 2.01. The van der Waals surface area contributed by atoms with Crippen molar-refractivity contribution in [3.05, 3.63) is 75.3 Å². The fraction of sp³-hybridized carbons (Fsp3) is 0. The number of benzene rings is 2. The Labute approximate surface area is 141 Å². The van der Waals surface area contributed by atoms with E-state index in [1.807, 2.05) is 0 Å². The number of carbonyl (C=O) groups excluding carboxylic acids is 3. The summed E-state index contributed by atoms with van der Waals surface area (Å²) in [6.45, 7) is 0. The summed E-state index contributed by atoms with van der Waals surface area (Å²) in [4.78, 5) is 47.4. The maximum absolute atomic E-state index is 12.3. The summed E-state index contributed by atoms with van der Waals surface area (Å²) in [5, 5.41) is 10.6. The van der Waals surface area contributed by atoms with E-state index in [0.717, 1.165) is 6.08 Å². The average Bonchev–Trinajstić information content (AvgIpc) is 2.85. The molecular formula is C17H11N3O5. The van der Waals surface area contributed by atoms with Crippen molar-refractivity contribution >= 4 is 35.2 Å². The molecule has 0 aliphatic carbocycles. The molecule has 3 amide bonds. The first-order chi connectivity index (χ1) is 11.9. The highest BCUT2D eigenvalue weighted by atomic mass is 16.6. The number of nitro benzene ring substituents is 1. The number of hydrogen-bond donors (Lipinski definition) is 1. The summed E-state index contributed by atoms with van der Waals surface area (Å²) in [6.07, 6.45) is 2.41. The van der Waals surface area contributed by atoms with Gasteiger partial charge >= 0.3 is 0 Å². The highest BCUT2D eigenvalue weighted by Crippen LogP contribution is 2.27. The summed E-state index contributed by atoms with van der Waals surface area (Å²) < 4.78 is 0. The van der Waals surface area contributed by atoms with Crippen LogP contribution in [0.15, 0.2) is 48.5 Å². The Balaban J connectivity index is 1.82. The highest BCUT2D eigenvalue weighted by Gasteiger charge is 2.40. The third kappa shape index (κ3) is 2.76. The van der Waals surface area contributed by atoms with Gasteiger partial charge in [-0.15, -0.1) is 0 Å². The molecule has 3 rings (SSSR count). The van der Waals surface area contributed by atoms with Crippen molar-refractivity contribution < 1.29 is 19.3 Å². The van der Waals surface area contributed by atoms with E-state index in [-0.39, 0.29) is 22.5 Å². The van der Waals surface area contributed by atoms with Gasteiger partial charge in [0, 0.05) is 23.9 Å². The van der Waals surface area contributed by atoms with Crippen molar-refractivity contribution in [1.82, 2.24) is 4.90 Å². The molecule has 1 heterocycles. The Kier molecular flexibility index (Phi) is 3.86. The smallest absolute Gasteiger partial charge is 0.270 e. The average molecular weight is 337 g/mol. The molecule has 0 spiro atoms. The fourth-order valence-corrected chi connectivity index (χ4v) is 2.46. The second-order valence-corrected chi connectivity index (χ2v) is 5.24. The number of anilines is 1. The zero-order valence-electron chi connectivity index (χ0n) is 12.7. The van der Waals surface area contributed by atoms with Crippen LogP contribution in [0.5, 0.6) is 0 Å². The summed E-state index contributed by atoms with van der Waals surface area (Å²) in [5.74, 6) is -2.31. The van der Waals surface area contributed by atoms with Gasteiger partial charge in [-0.05, 0) is 35.9 Å². The number of nitrogen functional groups attached to an aromatic ring is 1. The van der Waals surface area contributed by atoms with Crippen LogP contribution in [0.4, 0.5) is 11.4 Å². The molecule has 0 fully saturated rings. The standard InChI is InChI=1S/C17H11N3O5/c18-13-3-1-2-12-15(13)17(23)19(16(12)22)14(21)9-6-10-4-7-11(8-5-10)20(24)25/h1-9H,18H2/b9-6+. The molecule has 0 radical (unpaired) electrons. The van der Waals surface area contributed by atoms with Gasteiger partial charge < -0.3 is 5.73 Å². The first-order valence-corrected chi connectivity index (χ1v) is 7.14. The van der Waals surface area contributed by atoms with E-state index in [1.54, 1.807) is 0 Å². The Morgan fingerprint density at radius 1 is 1.08 bits per heavy atom. The maximum Gasteiger partial charge on any atom is 0.270 e. The molecule has 0 atom stereocenters. The van der Waals surface area contributed by atoms with Crippen LogP contribution in [-0.4, -0.2) is 27.5 Å². The van der Waals surface area contributed by atoms with Gasteiger partial charge in [0.2, 0.25) is 0 Å². The van der Waals surface area contributed by atoms with Gasteiger partial charge in [0.05, 0.1) is 16.1 Å². The van der Waals surface area contributed by atoms with Crippen LogP contribution >= 0.6 is 0 Å². The molecule has 2 aromatic rings. The molecule has 124 valence electrons. The van der Waals surface area contributed by atoms with Crippen LogP contribution in [0.2, 0.25) is 0 Å². The van der Waals surface area contributed by atoms with Gasteiger partial charge in [-0.1, -0.05) is 6.07 Å². The lowest BCUT2D eigenvalue weighted by atomic mass is 10.1. The minimum absolute atomic E-state index is 0.0181. The third-order valence-electron chi connectivity index (χ3n) is 3.69. The summed E-state index contributed by atoms with van der Waals surface area (Å²) in [5.41, 5.74) is 6.37. The first-order valence-electron chi connectivity index (χ1n) is 7.14. The minimum Gasteiger partial charge on any atom is -0.398 e. The first kappa shape index (κ1) is 16.1. The van der Waals surface area contributed by atoms with Crippen molar-refractivity contribution in [2.75, 3.05) is 5.73 Å². The number of amides is 3. The number of nitrogens with zero attached hydrogens (tertiary/aromatic N) is 2. The van der Waals surface area contributed by atoms with E-state index in [9.17, 15) is 24.5 Å². The molecule has 0 saturated heterocycles. The Hall–Kier alpha value is -3.81. The minimum atomic E-state index is -0.816. The lowest BCUT2D eigenvalue weighted by Gasteiger charge is -2.08. The SMILES string of the molecule is Nc1cccc2c1C(=O)N(C(=O)/C=C/c1ccc([N+](=O)[O-])cc1)C2=O. The summed E-state index contributed by atoms with van der Waals surface area (Å²) in [6, 6.07) is 9.90. The molecule has 0 bridgehead atoms. The van der Waals surface area contributed by atoms with Crippen LogP contribution in [-0.2, 0) is 4.79 Å². The van der Waals surface area contributed by atoms with Crippen LogP contribution in [0, 0.1) is 10.1 Å². The molecule has 8 nitrogen and oxygen atoms in total. The molecule has 25 heavy (non-hydrogen) atoms. The molecule has 0 aromatic heterocycles. The molecular weight excluding hydrogens is 326 g/mol. The predicted molar refractivity (Wildman–Crippen MR) is 88.5 cm³/mol. The van der Waals surface area contributed by atoms with E-state index in [0.29, 0.717) is 10.5 Å². The molecule has 0 unspecified atom stereocenters. The van der Waals surface area contributed by atoms with E-state index in [1.165, 1.54) is 48.5 Å². The van der Waals surface area contributed by atoms with Crippen LogP contribution in [0.25, 0.3) is 6.08 Å². The normalized spacial score (nSPS) is 13.4. The topological polar surface area (TPSA) is 124 Å². The number of non-ortho nitro benzene ring substituents is 1. The van der Waals surface area contributed by atoms with Gasteiger partial charge in [0.25, 0.3) is 23.4 Å². The molecule has 1 aliphatic rings. The van der Waals surface area contributed by atoms with Crippen LogP contribution in [0.3, 0.4) is 0 Å². The van der Waals surface area contributed by atoms with Crippen molar-refractivity contribution in [2.45, 2.75) is 0 Å². The molecule has 0 saturated carbocycles. The number of carbonyl (C=O) groups is 3. The third-order valence-corrected chi connectivity index (χ3v) is 3.69. The van der Waals surface area contributed by atoms with Crippen molar-refractivity contribution in [1.29, 1.82) is 0 Å². The Bertz CT molecular complexity index is 947. The highest BCUT2D eigenvalue weighted by molar-refractivity contribution is 6.32. The van der Waals surface area contributed by atoms with Crippen LogP contribution < -0.4 is 5.73 Å². The van der Waals surface area contributed by atoms with E-state index < -0.39 is 22.6 Å². The molecule has 2 N–H and O–H groups in total. The maximum atomic E-state index is 12.3. The zero-order chi connectivity index (χ0) is 18.1. The molecule has 8 heteroatoms. The largest absolute Gasteiger partial charge is 0.398 e. The fourth-order valence-electron chi connectivity index (χ4n) is 2.46. The zero-order valence-corrected chi connectivity index (χ0v) is 12.7. The lowest BCUT2D eigenvalue weighted by molar-refractivity contribution is -0.384. The van der Waals surface area contributed by atoms with Gasteiger partial charge in [0.15, 0.2) is 0 Å². The van der Waals surface area contributed by atoms with Gasteiger partial charge in [-0.25, -0.2) is 4.90 Å². The number of hydrogen-bond acceptors (Lipinski definition) is 6. The molecule has 2 aromatic carbocycles. The monoisotopic (exact) mass is 337 g/mol. The quantitative estimate of drug-likeness (QED) is 0.300. The summed E-state index contributed by atoms with van der Waals surface area (Å²) in [7, 11) is 0.